The molecule has 0 aromatic rings. The van der Waals surface area contributed by atoms with Gasteiger partial charge in [0.25, 0.3) is 0 Å². The zero-order chi connectivity index (χ0) is 13.4. The number of hydrogen-bond acceptors (Lipinski definition) is 1. The van der Waals surface area contributed by atoms with Crippen LogP contribution in [0.25, 0.3) is 0 Å². The first-order valence-corrected chi connectivity index (χ1v) is 7.15. The minimum Gasteiger partial charge on any atom is -0.356 e. The number of rotatable bonds is 5. The summed E-state index contributed by atoms with van der Waals surface area (Å²) >= 11 is 0. The molecular formula is C14H28FN3. The average molecular weight is 257 g/mol. The van der Waals surface area contributed by atoms with Crippen molar-refractivity contribution in [1.82, 2.24) is 10.2 Å². The Labute approximate surface area is 111 Å². The van der Waals surface area contributed by atoms with Crippen molar-refractivity contribution in [2.45, 2.75) is 39.0 Å². The van der Waals surface area contributed by atoms with E-state index in [1.165, 1.54) is 25.7 Å². The first-order valence-electron chi connectivity index (χ1n) is 7.15. The second-order valence-corrected chi connectivity index (χ2v) is 5.52. The van der Waals surface area contributed by atoms with Crippen LogP contribution in [0.3, 0.4) is 0 Å². The van der Waals surface area contributed by atoms with Gasteiger partial charge in [-0.15, -0.1) is 0 Å². The first-order chi connectivity index (χ1) is 8.67. The summed E-state index contributed by atoms with van der Waals surface area (Å²) in [4.78, 5) is 6.43. The van der Waals surface area contributed by atoms with Gasteiger partial charge in [-0.1, -0.05) is 19.8 Å². The first kappa shape index (κ1) is 15.3. The van der Waals surface area contributed by atoms with Crippen LogP contribution in [0.2, 0.25) is 0 Å². The second-order valence-electron chi connectivity index (χ2n) is 5.52. The molecule has 0 amide bonds. The van der Waals surface area contributed by atoms with Crippen molar-refractivity contribution >= 4 is 5.96 Å². The third-order valence-electron chi connectivity index (χ3n) is 3.83. The van der Waals surface area contributed by atoms with Crippen LogP contribution in [0.5, 0.6) is 0 Å². The highest BCUT2D eigenvalue weighted by Gasteiger charge is 2.20. The lowest BCUT2D eigenvalue weighted by Gasteiger charge is -2.31. The van der Waals surface area contributed by atoms with E-state index in [0.29, 0.717) is 13.0 Å². The molecule has 1 aliphatic rings. The molecule has 0 saturated heterocycles. The maximum atomic E-state index is 12.1. The molecule has 18 heavy (non-hydrogen) atoms. The molecule has 1 rings (SSSR count). The predicted molar refractivity (Wildman–Crippen MR) is 75.7 cm³/mol. The van der Waals surface area contributed by atoms with E-state index in [2.05, 4.69) is 29.2 Å². The molecule has 0 aliphatic heterocycles. The Morgan fingerprint density at radius 1 is 1.33 bits per heavy atom. The van der Waals surface area contributed by atoms with Gasteiger partial charge in [-0.2, -0.15) is 0 Å². The minimum atomic E-state index is -0.270. The summed E-state index contributed by atoms with van der Waals surface area (Å²) in [5, 5.41) is 3.20. The van der Waals surface area contributed by atoms with Gasteiger partial charge in [0.15, 0.2) is 5.96 Å². The van der Waals surface area contributed by atoms with Gasteiger partial charge in [0.05, 0.1) is 6.67 Å². The number of alkyl halides is 1. The summed E-state index contributed by atoms with van der Waals surface area (Å²) in [6.45, 7) is 3.79. The third-order valence-corrected chi connectivity index (χ3v) is 3.83. The van der Waals surface area contributed by atoms with Gasteiger partial charge < -0.3 is 10.2 Å². The molecule has 0 unspecified atom stereocenters. The molecule has 0 atom stereocenters. The molecule has 106 valence electrons. The van der Waals surface area contributed by atoms with Crippen LogP contribution in [0.1, 0.15) is 39.0 Å². The van der Waals surface area contributed by atoms with E-state index < -0.39 is 0 Å². The van der Waals surface area contributed by atoms with Gasteiger partial charge in [-0.05, 0) is 31.1 Å². The topological polar surface area (TPSA) is 27.6 Å². The Kier molecular flexibility index (Phi) is 7.06. The molecule has 4 heteroatoms. The van der Waals surface area contributed by atoms with Crippen molar-refractivity contribution in [2.75, 3.05) is 33.9 Å². The van der Waals surface area contributed by atoms with Crippen LogP contribution in [0.15, 0.2) is 4.99 Å². The lowest BCUT2D eigenvalue weighted by Crippen LogP contribution is -2.42. The Morgan fingerprint density at radius 2 is 2.00 bits per heavy atom. The normalized spacial score (nSPS) is 25.0. The van der Waals surface area contributed by atoms with Gasteiger partial charge in [0.1, 0.15) is 0 Å². The Bertz CT molecular complexity index is 247. The smallest absolute Gasteiger partial charge is 0.193 e. The van der Waals surface area contributed by atoms with Crippen molar-refractivity contribution in [3.05, 3.63) is 0 Å². The lowest BCUT2D eigenvalue weighted by atomic mass is 9.83. The molecule has 0 heterocycles. The summed E-state index contributed by atoms with van der Waals surface area (Å²) in [7, 11) is 3.86. The fourth-order valence-electron chi connectivity index (χ4n) is 2.64. The van der Waals surface area contributed by atoms with E-state index >= 15 is 0 Å². The van der Waals surface area contributed by atoms with Crippen LogP contribution in [-0.4, -0.2) is 44.7 Å². The molecule has 0 aromatic heterocycles. The summed E-state index contributed by atoms with van der Waals surface area (Å²) in [5.41, 5.74) is 0. The molecule has 0 spiro atoms. The standard InChI is InChI=1S/C14H28FN3/c1-12-5-7-13(8-6-12)11-18(3)14(16-2)17-10-4-9-15/h12-13H,4-11H2,1-3H3,(H,16,17). The molecule has 1 aliphatic carbocycles. The third kappa shape index (κ3) is 5.23. The number of aliphatic imine (C=N–C) groups is 1. The van der Waals surface area contributed by atoms with Crippen molar-refractivity contribution in [2.24, 2.45) is 16.8 Å². The molecule has 3 nitrogen and oxygen atoms in total. The largest absolute Gasteiger partial charge is 0.356 e. The van der Waals surface area contributed by atoms with E-state index in [4.69, 9.17) is 0 Å². The number of hydrogen-bond donors (Lipinski definition) is 1. The van der Waals surface area contributed by atoms with Gasteiger partial charge in [-0.3, -0.25) is 9.38 Å². The summed E-state index contributed by atoms with van der Waals surface area (Å²) in [6, 6.07) is 0. The van der Waals surface area contributed by atoms with Crippen molar-refractivity contribution < 1.29 is 4.39 Å². The number of guanidine groups is 1. The predicted octanol–water partition coefficient (Wildman–Crippen LogP) is 2.68. The summed E-state index contributed by atoms with van der Waals surface area (Å²) < 4.78 is 12.1. The van der Waals surface area contributed by atoms with Crippen molar-refractivity contribution in [1.29, 1.82) is 0 Å². The van der Waals surface area contributed by atoms with Gasteiger partial charge in [-0.25, -0.2) is 0 Å². The van der Waals surface area contributed by atoms with E-state index in [0.717, 1.165) is 24.3 Å². The summed E-state index contributed by atoms with van der Waals surface area (Å²) in [5.74, 6) is 2.57. The molecule has 0 radical (unpaired) electrons. The highest BCUT2D eigenvalue weighted by Crippen LogP contribution is 2.28. The molecule has 1 fully saturated rings. The second kappa shape index (κ2) is 8.33. The highest BCUT2D eigenvalue weighted by molar-refractivity contribution is 5.79. The zero-order valence-electron chi connectivity index (χ0n) is 12.1. The quantitative estimate of drug-likeness (QED) is 0.466. The Hall–Kier alpha value is -0.800. The Morgan fingerprint density at radius 3 is 2.56 bits per heavy atom. The fourth-order valence-corrected chi connectivity index (χ4v) is 2.64. The van der Waals surface area contributed by atoms with Gasteiger partial charge in [0.2, 0.25) is 0 Å². The fraction of sp³-hybridized carbons (Fsp3) is 0.929. The lowest BCUT2D eigenvalue weighted by molar-refractivity contribution is 0.250. The van der Waals surface area contributed by atoms with Crippen LogP contribution in [0.4, 0.5) is 4.39 Å². The SMILES string of the molecule is CN=C(NCCCF)N(C)CC1CCC(C)CC1. The van der Waals surface area contributed by atoms with Crippen LogP contribution in [-0.2, 0) is 0 Å². The zero-order valence-corrected chi connectivity index (χ0v) is 12.1. The van der Waals surface area contributed by atoms with Crippen molar-refractivity contribution in [3.63, 3.8) is 0 Å². The van der Waals surface area contributed by atoms with E-state index in [9.17, 15) is 4.39 Å². The average Bonchev–Trinajstić information content (AvgIpc) is 2.37. The molecule has 1 saturated carbocycles. The molecular weight excluding hydrogens is 229 g/mol. The van der Waals surface area contributed by atoms with Gasteiger partial charge in [0, 0.05) is 27.2 Å². The highest BCUT2D eigenvalue weighted by atomic mass is 19.1. The van der Waals surface area contributed by atoms with E-state index in [-0.39, 0.29) is 6.67 Å². The van der Waals surface area contributed by atoms with Gasteiger partial charge >= 0.3 is 0 Å². The number of halogens is 1. The number of nitrogens with zero attached hydrogens (tertiary/aromatic N) is 2. The molecule has 0 bridgehead atoms. The maximum absolute atomic E-state index is 12.1. The monoisotopic (exact) mass is 257 g/mol. The molecule has 0 aromatic carbocycles. The van der Waals surface area contributed by atoms with E-state index in [1.54, 1.807) is 7.05 Å². The summed E-state index contributed by atoms with van der Waals surface area (Å²) in [6.07, 6.45) is 5.91. The maximum Gasteiger partial charge on any atom is 0.193 e. The Balaban J connectivity index is 2.31. The molecule has 1 N–H and O–H groups in total. The van der Waals surface area contributed by atoms with Crippen molar-refractivity contribution in [3.8, 4) is 0 Å². The number of nitrogens with one attached hydrogen (secondary N) is 1. The van der Waals surface area contributed by atoms with Crippen LogP contribution < -0.4 is 5.32 Å². The van der Waals surface area contributed by atoms with Crippen LogP contribution in [0, 0.1) is 11.8 Å². The van der Waals surface area contributed by atoms with Crippen LogP contribution >= 0.6 is 0 Å². The van der Waals surface area contributed by atoms with E-state index in [1.807, 2.05) is 0 Å². The minimum absolute atomic E-state index is 0.270.